The van der Waals surface area contributed by atoms with E-state index in [1.807, 2.05) is 23.5 Å². The average Bonchev–Trinajstić information content (AvgIpc) is 3.21. The third-order valence-corrected chi connectivity index (χ3v) is 11.0. The van der Waals surface area contributed by atoms with Crippen molar-refractivity contribution >= 4 is 79.3 Å². The maximum Gasteiger partial charge on any atom is 0.503 e. The van der Waals surface area contributed by atoms with E-state index < -0.39 is 8.07 Å². The highest BCUT2D eigenvalue weighted by atomic mass is 32.1. The zero-order valence-electron chi connectivity index (χ0n) is 17.0. The van der Waals surface area contributed by atoms with E-state index in [2.05, 4.69) is 44.3 Å². The molecule has 0 saturated carbocycles. The van der Waals surface area contributed by atoms with E-state index in [1.165, 1.54) is 8.74 Å². The molecule has 8 heteroatoms. The average molecular weight is 438 g/mol. The summed E-state index contributed by atoms with van der Waals surface area (Å²) in [6, 6.07) is 6.19. The number of nitrogens with zero attached hydrogens (tertiary/aromatic N) is 3. The van der Waals surface area contributed by atoms with Crippen LogP contribution in [0.15, 0.2) is 23.0 Å². The maximum atomic E-state index is 12.3. The fourth-order valence-corrected chi connectivity index (χ4v) is 7.21. The molecule has 0 bridgehead atoms. The van der Waals surface area contributed by atoms with Crippen molar-refractivity contribution in [2.45, 2.75) is 26.6 Å². The van der Waals surface area contributed by atoms with Gasteiger partial charge in [0.25, 0.3) is 0 Å². The summed E-state index contributed by atoms with van der Waals surface area (Å²) in [5, 5.41) is 1.12. The second kappa shape index (κ2) is 5.81. The number of benzene rings is 2. The van der Waals surface area contributed by atoms with E-state index in [-0.39, 0.29) is 5.69 Å². The molecule has 0 spiro atoms. The molecule has 3 aromatic heterocycles. The first-order valence-electron chi connectivity index (χ1n) is 9.40. The molecule has 0 aliphatic carbocycles. The van der Waals surface area contributed by atoms with Crippen molar-refractivity contribution in [2.75, 3.05) is 0 Å². The zero-order valence-corrected chi connectivity index (χ0v) is 19.6. The number of rotatable bonds is 1. The Morgan fingerprint density at radius 3 is 2.69 bits per heavy atom. The van der Waals surface area contributed by atoms with Crippen LogP contribution in [0.2, 0.25) is 19.6 Å². The summed E-state index contributed by atoms with van der Waals surface area (Å²) in [5.74, 6) is 0. The van der Waals surface area contributed by atoms with Crippen LogP contribution in [-0.4, -0.2) is 22.6 Å². The van der Waals surface area contributed by atoms with Gasteiger partial charge in [-0.3, -0.25) is 0 Å². The van der Waals surface area contributed by atoms with Crippen LogP contribution in [-0.2, 0) is 7.05 Å². The molecular formula is C21H21N4OS2Si+. The first kappa shape index (κ1) is 18.6. The van der Waals surface area contributed by atoms with E-state index in [0.29, 0.717) is 0 Å². The number of thiophene rings is 1. The molecule has 0 aliphatic rings. The van der Waals surface area contributed by atoms with E-state index >= 15 is 0 Å². The van der Waals surface area contributed by atoms with E-state index in [4.69, 9.17) is 17.2 Å². The van der Waals surface area contributed by atoms with Gasteiger partial charge in [-0.1, -0.05) is 31.9 Å². The van der Waals surface area contributed by atoms with Crippen LogP contribution in [0.4, 0.5) is 0 Å². The van der Waals surface area contributed by atoms with Gasteiger partial charge < -0.3 is 4.98 Å². The lowest BCUT2D eigenvalue weighted by atomic mass is 10.1. The van der Waals surface area contributed by atoms with Crippen LogP contribution in [0.25, 0.3) is 43.2 Å². The van der Waals surface area contributed by atoms with Crippen LogP contribution in [0, 0.1) is 18.2 Å². The Morgan fingerprint density at radius 2 is 2.00 bits per heavy atom. The summed E-state index contributed by atoms with van der Waals surface area (Å²) in [7, 11) is 0.296. The van der Waals surface area contributed by atoms with Gasteiger partial charge in [-0.15, -0.1) is 11.3 Å². The monoisotopic (exact) mass is 437 g/mol. The molecule has 0 saturated heterocycles. The Labute approximate surface area is 177 Å². The molecule has 0 amide bonds. The third kappa shape index (κ3) is 2.49. The zero-order chi connectivity index (χ0) is 20.8. The number of imidazole rings is 1. The van der Waals surface area contributed by atoms with E-state index in [1.54, 1.807) is 11.6 Å². The molecule has 0 aliphatic heterocycles. The van der Waals surface area contributed by atoms with Crippen molar-refractivity contribution in [3.8, 4) is 0 Å². The fourth-order valence-electron chi connectivity index (χ4n) is 3.86. The molecule has 1 N–H and O–H groups in total. The van der Waals surface area contributed by atoms with Crippen molar-refractivity contribution in [1.82, 2.24) is 14.5 Å². The second-order valence-electron chi connectivity index (χ2n) is 8.65. The van der Waals surface area contributed by atoms with E-state index in [9.17, 15) is 4.79 Å². The summed E-state index contributed by atoms with van der Waals surface area (Å²) < 4.78 is 6.50. The minimum atomic E-state index is -1.46. The van der Waals surface area contributed by atoms with Crippen LogP contribution >= 0.6 is 23.6 Å². The van der Waals surface area contributed by atoms with Crippen LogP contribution < -0.4 is 14.4 Å². The van der Waals surface area contributed by atoms with Crippen molar-refractivity contribution < 1.29 is 4.24 Å². The number of aromatic amines is 1. The minimum Gasteiger partial charge on any atom is -0.352 e. The molecule has 0 atom stereocenters. The molecular weight excluding hydrogens is 416 g/mol. The fraction of sp³-hybridized carbons (Fsp3) is 0.238. The SMILES string of the molecule is C=[n+]1c(=O)n(C)c2cc3[nH]c4c(C)c(=S)c5sc([Si](C)(C)C)cc5c4nc3cc21. The molecule has 0 unspecified atom stereocenters. The number of H-pyrrole nitrogens is 1. The molecule has 5 aromatic rings. The Bertz CT molecular complexity index is 1670. The van der Waals surface area contributed by atoms with Gasteiger partial charge in [0.2, 0.25) is 0 Å². The maximum absolute atomic E-state index is 12.3. The Morgan fingerprint density at radius 1 is 1.28 bits per heavy atom. The van der Waals surface area contributed by atoms with Crippen molar-refractivity contribution in [2.24, 2.45) is 7.05 Å². The predicted molar refractivity (Wildman–Crippen MR) is 127 cm³/mol. The molecule has 29 heavy (non-hydrogen) atoms. The quantitative estimate of drug-likeness (QED) is 0.187. The van der Waals surface area contributed by atoms with Gasteiger partial charge in [0.05, 0.1) is 53.1 Å². The lowest BCUT2D eigenvalue weighted by molar-refractivity contribution is -0.487. The summed E-state index contributed by atoms with van der Waals surface area (Å²) in [6.45, 7) is 13.0. The Balaban J connectivity index is 2.00. The molecule has 146 valence electrons. The number of nitrogens with one attached hydrogen (secondary N) is 1. The Kier molecular flexibility index (Phi) is 3.72. The number of aryl methyl sites for hydroxylation is 2. The molecule has 5 nitrogen and oxygen atoms in total. The van der Waals surface area contributed by atoms with Crippen molar-refractivity contribution in [1.29, 1.82) is 0 Å². The normalized spacial score (nSPS) is 12.7. The van der Waals surface area contributed by atoms with Gasteiger partial charge in [-0.05, 0) is 23.1 Å². The number of hydrogen-bond acceptors (Lipinski definition) is 4. The van der Waals surface area contributed by atoms with Gasteiger partial charge in [0.15, 0.2) is 11.0 Å². The predicted octanol–water partition coefficient (Wildman–Crippen LogP) is 4.01. The summed E-state index contributed by atoms with van der Waals surface area (Å²) in [6.07, 6.45) is 0. The topological polar surface area (TPSA) is 56.6 Å². The van der Waals surface area contributed by atoms with Crippen molar-refractivity contribution in [3.63, 3.8) is 0 Å². The lowest BCUT2D eigenvalue weighted by Gasteiger charge is -2.11. The summed E-state index contributed by atoms with van der Waals surface area (Å²) >= 11 is 7.64. The van der Waals surface area contributed by atoms with Gasteiger partial charge in [0.1, 0.15) is 0 Å². The highest BCUT2D eigenvalue weighted by Crippen LogP contribution is 2.33. The highest BCUT2D eigenvalue weighted by Gasteiger charge is 2.23. The van der Waals surface area contributed by atoms with Gasteiger partial charge in [0, 0.05) is 17.5 Å². The second-order valence-corrected chi connectivity index (χ2v) is 15.5. The number of fused-ring (bicyclic) bond motifs is 5. The first-order valence-corrected chi connectivity index (χ1v) is 14.1. The van der Waals surface area contributed by atoms with Gasteiger partial charge in [-0.25, -0.2) is 4.98 Å². The van der Waals surface area contributed by atoms with Crippen LogP contribution in [0.3, 0.4) is 0 Å². The standard InChI is InChI=1S/C21H20N4OS2Si/c1-10-17-18(11-7-16(29(4,5)6)28-20(11)19(10)27)23-13-9-15-14(8-12(13)22-17)24(2)21(26)25(15)3/h7-9H,3H2,1-2,4-6H3/p+1. The molecule has 5 rings (SSSR count). The van der Waals surface area contributed by atoms with E-state index in [0.717, 1.165) is 53.3 Å². The van der Waals surface area contributed by atoms with Crippen LogP contribution in [0.1, 0.15) is 5.56 Å². The Hall–Kier alpha value is -2.42. The molecule has 0 radical (unpaired) electrons. The molecule has 2 aromatic carbocycles. The van der Waals surface area contributed by atoms with Gasteiger partial charge >= 0.3 is 5.69 Å². The van der Waals surface area contributed by atoms with Crippen LogP contribution in [0.5, 0.6) is 0 Å². The number of aromatic nitrogens is 4. The molecule has 0 fully saturated rings. The van der Waals surface area contributed by atoms with Crippen molar-refractivity contribution in [3.05, 3.63) is 45.5 Å². The van der Waals surface area contributed by atoms with Gasteiger partial charge in [-0.2, -0.15) is 13.6 Å². The molecule has 3 heterocycles. The highest BCUT2D eigenvalue weighted by molar-refractivity contribution is 7.72. The largest absolute Gasteiger partial charge is 0.503 e. The summed E-state index contributed by atoms with van der Waals surface area (Å²) in [4.78, 5) is 20.9. The minimum absolute atomic E-state index is 0.149. The summed E-state index contributed by atoms with van der Waals surface area (Å²) in [5.41, 5.74) is 6.08. The third-order valence-electron chi connectivity index (χ3n) is 5.64. The lowest BCUT2D eigenvalue weighted by Crippen LogP contribution is -2.35. The smallest absolute Gasteiger partial charge is 0.352 e. The first-order chi connectivity index (χ1) is 13.6. The number of hydrogen-bond donors (Lipinski definition) is 1.